The van der Waals surface area contributed by atoms with E-state index in [1.165, 1.54) is 12.1 Å². The van der Waals surface area contributed by atoms with Crippen LogP contribution in [0.5, 0.6) is 11.5 Å². The number of amides is 1. The van der Waals surface area contributed by atoms with Gasteiger partial charge in [0.1, 0.15) is 18.0 Å². The molecule has 1 amide bonds. The van der Waals surface area contributed by atoms with Crippen LogP contribution in [0.2, 0.25) is 0 Å². The van der Waals surface area contributed by atoms with Crippen LogP contribution in [0.15, 0.2) is 18.2 Å². The molecule has 0 aliphatic rings. The fourth-order valence-electron chi connectivity index (χ4n) is 1.52. The fourth-order valence-corrected chi connectivity index (χ4v) is 1.52. The number of phenolic OH excluding ortho intramolecular Hbond substituents is 2. The Bertz CT molecular complexity index is 449. The van der Waals surface area contributed by atoms with Crippen LogP contribution in [0.4, 0.5) is 0 Å². The molecule has 0 saturated carbocycles. The van der Waals surface area contributed by atoms with Gasteiger partial charge >= 0.3 is 5.97 Å². The molecule has 0 aliphatic carbocycles. The lowest BCUT2D eigenvalue weighted by molar-refractivity contribution is -0.138. The first kappa shape index (κ1) is 13.8. The van der Waals surface area contributed by atoms with E-state index in [-0.39, 0.29) is 23.1 Å². The van der Waals surface area contributed by atoms with Gasteiger partial charge in [0.05, 0.1) is 0 Å². The maximum atomic E-state index is 12.1. The van der Waals surface area contributed by atoms with Crippen molar-refractivity contribution in [1.29, 1.82) is 0 Å². The van der Waals surface area contributed by atoms with Gasteiger partial charge in [-0.2, -0.15) is 0 Å². The van der Waals surface area contributed by atoms with Crippen molar-refractivity contribution in [2.45, 2.75) is 19.9 Å². The van der Waals surface area contributed by atoms with Crippen LogP contribution in [0.25, 0.3) is 0 Å². The largest absolute Gasteiger partial charge is 0.508 e. The van der Waals surface area contributed by atoms with Crippen molar-refractivity contribution in [2.24, 2.45) is 0 Å². The third kappa shape index (κ3) is 3.38. The maximum Gasteiger partial charge on any atom is 0.323 e. The molecule has 0 unspecified atom stereocenters. The van der Waals surface area contributed by atoms with Crippen LogP contribution in [0.3, 0.4) is 0 Å². The summed E-state index contributed by atoms with van der Waals surface area (Å²) in [7, 11) is 0. The molecular weight excluding hydrogens is 238 g/mol. The summed E-state index contributed by atoms with van der Waals surface area (Å²) in [5.74, 6) is -2.19. The van der Waals surface area contributed by atoms with Crippen LogP contribution < -0.4 is 0 Å². The van der Waals surface area contributed by atoms with E-state index in [0.717, 1.165) is 11.0 Å². The Labute approximate surface area is 104 Å². The first-order valence-electron chi connectivity index (χ1n) is 5.37. The molecule has 6 heteroatoms. The lowest BCUT2D eigenvalue weighted by atomic mass is 10.1. The number of carbonyl (C=O) groups is 2. The van der Waals surface area contributed by atoms with Gasteiger partial charge in [0.15, 0.2) is 0 Å². The van der Waals surface area contributed by atoms with E-state index in [1.807, 2.05) is 0 Å². The van der Waals surface area contributed by atoms with Crippen molar-refractivity contribution in [1.82, 2.24) is 4.90 Å². The lowest BCUT2D eigenvalue weighted by Crippen LogP contribution is -2.40. The van der Waals surface area contributed by atoms with E-state index in [0.29, 0.717) is 0 Å². The molecule has 0 radical (unpaired) electrons. The minimum absolute atomic E-state index is 0.0439. The fraction of sp³-hybridized carbons (Fsp3) is 0.333. The first-order chi connectivity index (χ1) is 8.31. The standard InChI is InChI=1S/C12H15NO5/c1-7(2)13(6-11(16)17)12(18)8-3-9(14)5-10(15)4-8/h3-5,7,14-15H,6H2,1-2H3,(H,16,17). The number of rotatable bonds is 4. The van der Waals surface area contributed by atoms with Gasteiger partial charge in [0.25, 0.3) is 5.91 Å². The summed E-state index contributed by atoms with van der Waals surface area (Å²) in [5.41, 5.74) is 0.0439. The number of hydrogen-bond donors (Lipinski definition) is 3. The number of aliphatic carboxylic acids is 1. The van der Waals surface area contributed by atoms with Crippen molar-refractivity contribution in [3.8, 4) is 11.5 Å². The van der Waals surface area contributed by atoms with Crippen LogP contribution in [0, 0.1) is 0 Å². The summed E-state index contributed by atoms with van der Waals surface area (Å²) < 4.78 is 0. The highest BCUT2D eigenvalue weighted by molar-refractivity contribution is 5.96. The number of phenols is 2. The molecule has 0 saturated heterocycles. The van der Waals surface area contributed by atoms with Crippen molar-refractivity contribution in [3.63, 3.8) is 0 Å². The zero-order valence-electron chi connectivity index (χ0n) is 10.1. The average molecular weight is 253 g/mol. The molecule has 0 atom stereocenters. The molecule has 0 spiro atoms. The highest BCUT2D eigenvalue weighted by Gasteiger charge is 2.22. The second-order valence-electron chi connectivity index (χ2n) is 4.16. The Balaban J connectivity index is 3.05. The van der Waals surface area contributed by atoms with Crippen LogP contribution >= 0.6 is 0 Å². The second kappa shape index (κ2) is 5.39. The molecule has 0 aromatic heterocycles. The molecule has 3 N–H and O–H groups in total. The number of aromatic hydroxyl groups is 2. The highest BCUT2D eigenvalue weighted by atomic mass is 16.4. The molecule has 0 fully saturated rings. The Morgan fingerprint density at radius 2 is 1.67 bits per heavy atom. The average Bonchev–Trinajstić information content (AvgIpc) is 2.23. The summed E-state index contributed by atoms with van der Waals surface area (Å²) in [6.07, 6.45) is 0. The van der Waals surface area contributed by atoms with Gasteiger partial charge < -0.3 is 20.2 Å². The van der Waals surface area contributed by atoms with Crippen molar-refractivity contribution < 1.29 is 24.9 Å². The number of benzene rings is 1. The van der Waals surface area contributed by atoms with Gasteiger partial charge in [-0.1, -0.05) is 0 Å². The number of carbonyl (C=O) groups excluding carboxylic acids is 1. The predicted octanol–water partition coefficient (Wildman–Crippen LogP) is 1.03. The number of carboxylic acids is 1. The van der Waals surface area contributed by atoms with Crippen molar-refractivity contribution >= 4 is 11.9 Å². The van der Waals surface area contributed by atoms with E-state index in [9.17, 15) is 19.8 Å². The van der Waals surface area contributed by atoms with Gasteiger partial charge in [-0.25, -0.2) is 0 Å². The van der Waals surface area contributed by atoms with Gasteiger partial charge in [0, 0.05) is 17.7 Å². The quantitative estimate of drug-likeness (QED) is 0.744. The third-order valence-corrected chi connectivity index (χ3v) is 2.34. The Kier molecular flexibility index (Phi) is 4.14. The normalized spacial score (nSPS) is 10.4. The minimum Gasteiger partial charge on any atom is -0.508 e. The monoisotopic (exact) mass is 253 g/mol. The molecule has 18 heavy (non-hydrogen) atoms. The van der Waals surface area contributed by atoms with E-state index >= 15 is 0 Å². The van der Waals surface area contributed by atoms with Crippen LogP contribution in [-0.4, -0.2) is 44.7 Å². The Morgan fingerprint density at radius 1 is 1.17 bits per heavy atom. The lowest BCUT2D eigenvalue weighted by Gasteiger charge is -2.25. The molecule has 1 aromatic rings. The van der Waals surface area contributed by atoms with E-state index in [1.54, 1.807) is 13.8 Å². The topological polar surface area (TPSA) is 98.1 Å². The van der Waals surface area contributed by atoms with E-state index in [4.69, 9.17) is 5.11 Å². The molecule has 0 aliphatic heterocycles. The summed E-state index contributed by atoms with van der Waals surface area (Å²) >= 11 is 0. The minimum atomic E-state index is -1.12. The number of hydrogen-bond acceptors (Lipinski definition) is 4. The van der Waals surface area contributed by atoms with Crippen LogP contribution in [-0.2, 0) is 4.79 Å². The zero-order valence-corrected chi connectivity index (χ0v) is 10.1. The Hall–Kier alpha value is -2.24. The maximum absolute atomic E-state index is 12.1. The molecule has 98 valence electrons. The van der Waals surface area contributed by atoms with Crippen molar-refractivity contribution in [2.75, 3.05) is 6.54 Å². The van der Waals surface area contributed by atoms with Gasteiger partial charge in [0.2, 0.25) is 0 Å². The molecule has 0 bridgehead atoms. The second-order valence-corrected chi connectivity index (χ2v) is 4.16. The third-order valence-electron chi connectivity index (χ3n) is 2.34. The molecule has 1 aromatic carbocycles. The molecule has 1 rings (SSSR count). The summed E-state index contributed by atoms with van der Waals surface area (Å²) in [4.78, 5) is 23.9. The van der Waals surface area contributed by atoms with E-state index in [2.05, 4.69) is 0 Å². The summed E-state index contributed by atoms with van der Waals surface area (Å²) in [5, 5.41) is 27.3. The Morgan fingerprint density at radius 3 is 2.06 bits per heavy atom. The smallest absolute Gasteiger partial charge is 0.323 e. The SMILES string of the molecule is CC(C)N(CC(=O)O)C(=O)c1cc(O)cc(O)c1. The van der Waals surface area contributed by atoms with E-state index < -0.39 is 18.4 Å². The molecule has 0 heterocycles. The van der Waals surface area contributed by atoms with Crippen molar-refractivity contribution in [3.05, 3.63) is 23.8 Å². The van der Waals surface area contributed by atoms with Gasteiger partial charge in [-0.05, 0) is 26.0 Å². The molecule has 6 nitrogen and oxygen atoms in total. The predicted molar refractivity (Wildman–Crippen MR) is 63.6 cm³/mol. The first-order valence-corrected chi connectivity index (χ1v) is 5.37. The molecular formula is C12H15NO5. The summed E-state index contributed by atoms with van der Waals surface area (Å²) in [6.45, 7) is 2.93. The van der Waals surface area contributed by atoms with Gasteiger partial charge in [-0.3, -0.25) is 9.59 Å². The number of nitrogens with zero attached hydrogens (tertiary/aromatic N) is 1. The van der Waals surface area contributed by atoms with Crippen LogP contribution in [0.1, 0.15) is 24.2 Å². The zero-order chi connectivity index (χ0) is 13.9. The van der Waals surface area contributed by atoms with Gasteiger partial charge in [-0.15, -0.1) is 0 Å². The summed E-state index contributed by atoms with van der Waals surface area (Å²) in [6, 6.07) is 3.14. The number of carboxylic acid groups (broad SMARTS) is 1. The highest BCUT2D eigenvalue weighted by Crippen LogP contribution is 2.22.